The molecule has 0 aliphatic heterocycles. The summed E-state index contributed by atoms with van der Waals surface area (Å²) < 4.78 is 7.91. The Morgan fingerprint density at radius 2 is 1.62 bits per heavy atom. The number of rotatable bonds is 10. The average Bonchev–Trinajstić information content (AvgIpc) is 3.13. The summed E-state index contributed by atoms with van der Waals surface area (Å²) in [4.78, 5) is 0. The maximum Gasteiger partial charge on any atom is 0.241 e. The zero-order valence-corrected chi connectivity index (χ0v) is 15.4. The summed E-state index contributed by atoms with van der Waals surface area (Å²) in [5.74, 6) is 0.689. The summed E-state index contributed by atoms with van der Waals surface area (Å²) in [5.41, 5.74) is 3.17. The topological polar surface area (TPSA) is 39.1 Å². The quantitative estimate of drug-likeness (QED) is 0.539. The van der Waals surface area contributed by atoms with Crippen LogP contribution < -0.4 is 10.1 Å². The standard InChI is InChI=1S/C22H27N3O/c1-2-3-15-23-16-10-17-26-22-21(19-11-6-4-7-12-19)18-25(24-22)20-13-8-5-9-14-20/h4-9,11-14,18,23H,2-3,10,15-17H2,1H3. The molecule has 2 aromatic carbocycles. The second kappa shape index (κ2) is 9.78. The van der Waals surface area contributed by atoms with E-state index in [-0.39, 0.29) is 0 Å². The number of ether oxygens (including phenoxy) is 1. The van der Waals surface area contributed by atoms with Gasteiger partial charge in [-0.25, -0.2) is 4.68 Å². The molecule has 1 heterocycles. The lowest BCUT2D eigenvalue weighted by atomic mass is 10.1. The molecule has 3 aromatic rings. The molecule has 1 N–H and O–H groups in total. The summed E-state index contributed by atoms with van der Waals surface area (Å²) >= 11 is 0. The van der Waals surface area contributed by atoms with Gasteiger partial charge in [-0.1, -0.05) is 61.9 Å². The molecule has 0 radical (unpaired) electrons. The molecule has 4 heteroatoms. The van der Waals surface area contributed by atoms with Gasteiger partial charge in [-0.15, -0.1) is 5.10 Å². The van der Waals surface area contributed by atoms with Crippen molar-refractivity contribution in [3.8, 4) is 22.7 Å². The molecule has 0 fully saturated rings. The molecule has 0 bridgehead atoms. The van der Waals surface area contributed by atoms with E-state index in [9.17, 15) is 0 Å². The highest BCUT2D eigenvalue weighted by atomic mass is 16.5. The predicted octanol–water partition coefficient (Wildman–Crippen LogP) is 4.70. The highest BCUT2D eigenvalue weighted by molar-refractivity contribution is 5.68. The number of hydrogen-bond acceptors (Lipinski definition) is 3. The molecule has 0 aliphatic carbocycles. The largest absolute Gasteiger partial charge is 0.476 e. The van der Waals surface area contributed by atoms with E-state index < -0.39 is 0 Å². The summed E-state index contributed by atoms with van der Waals surface area (Å²) in [5, 5.41) is 8.12. The molecular formula is C22H27N3O. The summed E-state index contributed by atoms with van der Waals surface area (Å²) in [6.45, 7) is 4.91. The molecule has 26 heavy (non-hydrogen) atoms. The first-order valence-corrected chi connectivity index (χ1v) is 9.42. The van der Waals surface area contributed by atoms with E-state index in [1.165, 1.54) is 12.8 Å². The van der Waals surface area contributed by atoms with Crippen LogP contribution in [0.1, 0.15) is 26.2 Å². The molecule has 0 saturated carbocycles. The van der Waals surface area contributed by atoms with Crippen molar-refractivity contribution < 1.29 is 4.74 Å². The van der Waals surface area contributed by atoms with Gasteiger partial charge in [0, 0.05) is 6.20 Å². The van der Waals surface area contributed by atoms with Gasteiger partial charge in [0.25, 0.3) is 0 Å². The van der Waals surface area contributed by atoms with Crippen molar-refractivity contribution in [2.45, 2.75) is 26.2 Å². The van der Waals surface area contributed by atoms with Gasteiger partial charge >= 0.3 is 0 Å². The number of nitrogens with zero attached hydrogens (tertiary/aromatic N) is 2. The monoisotopic (exact) mass is 349 g/mol. The first-order valence-electron chi connectivity index (χ1n) is 9.42. The lowest BCUT2D eigenvalue weighted by molar-refractivity contribution is 0.296. The molecule has 0 amide bonds. The second-order valence-electron chi connectivity index (χ2n) is 6.30. The highest BCUT2D eigenvalue weighted by Crippen LogP contribution is 2.30. The molecule has 3 rings (SSSR count). The van der Waals surface area contributed by atoms with Crippen molar-refractivity contribution in [1.82, 2.24) is 15.1 Å². The number of nitrogens with one attached hydrogen (secondary N) is 1. The van der Waals surface area contributed by atoms with Gasteiger partial charge in [-0.3, -0.25) is 0 Å². The van der Waals surface area contributed by atoms with Crippen molar-refractivity contribution in [2.24, 2.45) is 0 Å². The van der Waals surface area contributed by atoms with E-state index in [4.69, 9.17) is 4.74 Å². The minimum absolute atomic E-state index is 0.658. The third kappa shape index (κ3) is 4.96. The summed E-state index contributed by atoms with van der Waals surface area (Å²) in [6, 6.07) is 20.4. The molecule has 0 saturated heterocycles. The van der Waals surface area contributed by atoms with Crippen molar-refractivity contribution in [1.29, 1.82) is 0 Å². The van der Waals surface area contributed by atoms with Gasteiger partial charge in [0.2, 0.25) is 5.88 Å². The third-order valence-corrected chi connectivity index (χ3v) is 4.23. The summed E-state index contributed by atoms with van der Waals surface area (Å²) in [7, 11) is 0. The Bertz CT molecular complexity index is 769. The molecule has 4 nitrogen and oxygen atoms in total. The van der Waals surface area contributed by atoms with E-state index in [0.29, 0.717) is 12.5 Å². The minimum atomic E-state index is 0.658. The van der Waals surface area contributed by atoms with Crippen LogP contribution in [0.2, 0.25) is 0 Å². The van der Waals surface area contributed by atoms with Gasteiger partial charge in [-0.05, 0) is 43.6 Å². The zero-order valence-electron chi connectivity index (χ0n) is 15.4. The Hall–Kier alpha value is -2.59. The van der Waals surface area contributed by atoms with Gasteiger partial charge in [0.15, 0.2) is 0 Å². The van der Waals surface area contributed by atoms with Crippen molar-refractivity contribution in [2.75, 3.05) is 19.7 Å². The van der Waals surface area contributed by atoms with E-state index in [1.807, 2.05) is 59.4 Å². The maximum atomic E-state index is 6.03. The fourth-order valence-electron chi connectivity index (χ4n) is 2.79. The van der Waals surface area contributed by atoms with Crippen molar-refractivity contribution in [3.05, 3.63) is 66.9 Å². The second-order valence-corrected chi connectivity index (χ2v) is 6.30. The molecule has 1 aromatic heterocycles. The zero-order chi connectivity index (χ0) is 18.0. The van der Waals surface area contributed by atoms with E-state index in [2.05, 4.69) is 29.5 Å². The Balaban J connectivity index is 1.70. The average molecular weight is 349 g/mol. The number of hydrogen-bond donors (Lipinski definition) is 1. The Morgan fingerprint density at radius 1 is 0.923 bits per heavy atom. The number of benzene rings is 2. The van der Waals surface area contributed by atoms with Crippen LogP contribution in [0.4, 0.5) is 0 Å². The molecule has 0 spiro atoms. The molecule has 0 aliphatic rings. The smallest absolute Gasteiger partial charge is 0.241 e. The van der Waals surface area contributed by atoms with Crippen molar-refractivity contribution in [3.63, 3.8) is 0 Å². The molecule has 0 atom stereocenters. The van der Waals surface area contributed by atoms with Crippen molar-refractivity contribution >= 4 is 0 Å². The lowest BCUT2D eigenvalue weighted by Gasteiger charge is -2.07. The van der Waals surface area contributed by atoms with Crippen LogP contribution in [0, 0.1) is 0 Å². The van der Waals surface area contributed by atoms with E-state index in [0.717, 1.165) is 36.3 Å². The first kappa shape index (κ1) is 18.2. The summed E-state index contributed by atoms with van der Waals surface area (Å²) in [6.07, 6.45) is 5.46. The molecule has 136 valence electrons. The van der Waals surface area contributed by atoms with Crippen LogP contribution in [0.3, 0.4) is 0 Å². The first-order chi connectivity index (χ1) is 12.9. The van der Waals surface area contributed by atoms with Crippen LogP contribution in [0.25, 0.3) is 16.8 Å². The predicted molar refractivity (Wildman–Crippen MR) is 107 cm³/mol. The molecule has 0 unspecified atom stereocenters. The van der Waals surface area contributed by atoms with Gasteiger partial charge < -0.3 is 10.1 Å². The normalized spacial score (nSPS) is 10.8. The Morgan fingerprint density at radius 3 is 2.35 bits per heavy atom. The van der Waals surface area contributed by atoms with E-state index in [1.54, 1.807) is 0 Å². The van der Waals surface area contributed by atoms with Gasteiger partial charge in [-0.2, -0.15) is 0 Å². The van der Waals surface area contributed by atoms with Crippen LogP contribution in [-0.4, -0.2) is 29.5 Å². The van der Waals surface area contributed by atoms with Crippen LogP contribution in [-0.2, 0) is 0 Å². The fourth-order valence-corrected chi connectivity index (χ4v) is 2.79. The Kier molecular flexibility index (Phi) is 6.85. The SMILES string of the molecule is CCCCNCCCOc1nn(-c2ccccc2)cc1-c1ccccc1. The minimum Gasteiger partial charge on any atom is -0.476 e. The van der Waals surface area contributed by atoms with Crippen LogP contribution >= 0.6 is 0 Å². The maximum absolute atomic E-state index is 6.03. The Labute approximate surface area is 155 Å². The van der Waals surface area contributed by atoms with Crippen LogP contribution in [0.5, 0.6) is 5.88 Å². The highest BCUT2D eigenvalue weighted by Gasteiger charge is 2.13. The van der Waals surface area contributed by atoms with Crippen LogP contribution in [0.15, 0.2) is 66.9 Å². The number of aromatic nitrogens is 2. The third-order valence-electron chi connectivity index (χ3n) is 4.23. The molecular weight excluding hydrogens is 322 g/mol. The number of unbranched alkanes of at least 4 members (excludes halogenated alkanes) is 1. The van der Waals surface area contributed by atoms with Gasteiger partial charge in [0.05, 0.1) is 17.9 Å². The fraction of sp³-hybridized carbons (Fsp3) is 0.318. The van der Waals surface area contributed by atoms with E-state index >= 15 is 0 Å². The lowest BCUT2D eigenvalue weighted by Crippen LogP contribution is -2.18. The van der Waals surface area contributed by atoms with Gasteiger partial charge in [0.1, 0.15) is 0 Å². The number of para-hydroxylation sites is 1.